The Labute approximate surface area is 203 Å². The van der Waals surface area contributed by atoms with E-state index < -0.39 is 5.91 Å². The fourth-order valence-electron chi connectivity index (χ4n) is 4.00. The molecule has 1 heterocycles. The Hall–Kier alpha value is -1.96. The number of ether oxygens (including phenoxy) is 1. The standard InChI is InChI=1S/C24H29ClN2O3S2/c1-5-24(3,4)14-11-12-16-18(13-14)32-21(19(16)22(29)30-6-2)27-23(31)26-20(28)15-9-7-8-10-17(15)25/h7-10,14H,5-6,11-13H2,1-4H3,(H2,26,27,28,31). The Bertz CT molecular complexity index is 1030. The molecule has 1 aliphatic carbocycles. The van der Waals surface area contributed by atoms with Crippen molar-refractivity contribution in [2.75, 3.05) is 11.9 Å². The molecule has 0 fully saturated rings. The lowest BCUT2D eigenvalue weighted by Crippen LogP contribution is -2.34. The predicted molar refractivity (Wildman–Crippen MR) is 135 cm³/mol. The molecule has 2 aromatic rings. The summed E-state index contributed by atoms with van der Waals surface area (Å²) in [6.07, 6.45) is 3.89. The number of carbonyl (C=O) groups is 2. The van der Waals surface area contributed by atoms with Crippen molar-refractivity contribution >= 4 is 57.1 Å². The molecule has 0 saturated carbocycles. The Morgan fingerprint density at radius 2 is 2.00 bits per heavy atom. The molecule has 1 atom stereocenters. The van der Waals surface area contributed by atoms with Crippen molar-refractivity contribution in [2.45, 2.75) is 53.4 Å². The zero-order chi connectivity index (χ0) is 23.5. The second-order valence-corrected chi connectivity index (χ2v) is 10.5. The molecule has 32 heavy (non-hydrogen) atoms. The lowest BCUT2D eigenvalue weighted by atomic mass is 9.69. The maximum Gasteiger partial charge on any atom is 0.341 e. The molecule has 8 heteroatoms. The smallest absolute Gasteiger partial charge is 0.341 e. The van der Waals surface area contributed by atoms with E-state index in [1.54, 1.807) is 31.2 Å². The van der Waals surface area contributed by atoms with Gasteiger partial charge in [-0.25, -0.2) is 4.79 Å². The zero-order valence-corrected chi connectivity index (χ0v) is 21.2. The first-order chi connectivity index (χ1) is 15.2. The second kappa shape index (κ2) is 10.3. The van der Waals surface area contributed by atoms with Crippen molar-refractivity contribution < 1.29 is 14.3 Å². The first-order valence-corrected chi connectivity index (χ1v) is 12.5. The summed E-state index contributed by atoms with van der Waals surface area (Å²) in [7, 11) is 0. The third-order valence-corrected chi connectivity index (χ3v) is 8.04. The summed E-state index contributed by atoms with van der Waals surface area (Å²) in [6.45, 7) is 8.92. The van der Waals surface area contributed by atoms with Crippen LogP contribution in [0.5, 0.6) is 0 Å². The summed E-state index contributed by atoms with van der Waals surface area (Å²) in [5, 5.41) is 6.80. The quantitative estimate of drug-likeness (QED) is 0.368. The Morgan fingerprint density at radius 1 is 1.28 bits per heavy atom. The van der Waals surface area contributed by atoms with E-state index >= 15 is 0 Å². The van der Waals surface area contributed by atoms with Crippen LogP contribution in [-0.2, 0) is 17.6 Å². The molecular formula is C24H29ClN2O3S2. The molecule has 2 N–H and O–H groups in total. The monoisotopic (exact) mass is 492 g/mol. The van der Waals surface area contributed by atoms with Gasteiger partial charge in [0, 0.05) is 4.88 Å². The fraction of sp³-hybridized carbons (Fsp3) is 0.458. The van der Waals surface area contributed by atoms with E-state index in [9.17, 15) is 9.59 Å². The normalized spacial score (nSPS) is 15.6. The van der Waals surface area contributed by atoms with Crippen LogP contribution in [0.25, 0.3) is 0 Å². The minimum absolute atomic E-state index is 0.115. The van der Waals surface area contributed by atoms with Gasteiger partial charge in [-0.1, -0.05) is 50.9 Å². The highest BCUT2D eigenvalue weighted by Gasteiger charge is 2.35. The molecule has 1 aromatic heterocycles. The van der Waals surface area contributed by atoms with Gasteiger partial charge in [0.25, 0.3) is 5.91 Å². The van der Waals surface area contributed by atoms with Crippen LogP contribution < -0.4 is 10.6 Å². The van der Waals surface area contributed by atoms with Gasteiger partial charge < -0.3 is 10.1 Å². The number of nitrogens with one attached hydrogen (secondary N) is 2. The van der Waals surface area contributed by atoms with Gasteiger partial charge >= 0.3 is 5.97 Å². The Balaban J connectivity index is 1.84. The number of benzene rings is 1. The number of hydrogen-bond donors (Lipinski definition) is 2. The summed E-state index contributed by atoms with van der Waals surface area (Å²) in [4.78, 5) is 26.5. The molecular weight excluding hydrogens is 464 g/mol. The number of anilines is 1. The summed E-state index contributed by atoms with van der Waals surface area (Å²) in [5.74, 6) is -0.216. The van der Waals surface area contributed by atoms with E-state index in [-0.39, 0.29) is 16.5 Å². The average Bonchev–Trinajstić information content (AvgIpc) is 3.10. The van der Waals surface area contributed by atoms with Crippen LogP contribution >= 0.6 is 35.2 Å². The van der Waals surface area contributed by atoms with E-state index in [2.05, 4.69) is 31.4 Å². The van der Waals surface area contributed by atoms with Gasteiger partial charge in [0.1, 0.15) is 5.00 Å². The SMILES string of the molecule is CCOC(=O)c1c(NC(=S)NC(=O)c2ccccc2Cl)sc2c1CCC(C(C)(C)CC)C2. The van der Waals surface area contributed by atoms with Crippen LogP contribution in [0, 0.1) is 11.3 Å². The van der Waals surface area contributed by atoms with Crippen LogP contribution in [0.2, 0.25) is 5.02 Å². The highest BCUT2D eigenvalue weighted by atomic mass is 35.5. The third kappa shape index (κ3) is 5.33. The van der Waals surface area contributed by atoms with Crippen molar-refractivity contribution in [3.8, 4) is 0 Å². The van der Waals surface area contributed by atoms with Crippen molar-refractivity contribution in [3.05, 3.63) is 50.9 Å². The van der Waals surface area contributed by atoms with Crippen LogP contribution in [0.15, 0.2) is 24.3 Å². The number of hydrogen-bond acceptors (Lipinski definition) is 5. The molecule has 0 bridgehead atoms. The Kier molecular flexibility index (Phi) is 7.96. The van der Waals surface area contributed by atoms with Crippen LogP contribution in [0.4, 0.5) is 5.00 Å². The molecule has 1 amide bonds. The maximum atomic E-state index is 12.8. The van der Waals surface area contributed by atoms with Crippen LogP contribution in [0.3, 0.4) is 0 Å². The molecule has 1 unspecified atom stereocenters. The van der Waals surface area contributed by atoms with Gasteiger partial charge in [-0.15, -0.1) is 11.3 Å². The van der Waals surface area contributed by atoms with Gasteiger partial charge in [0.2, 0.25) is 0 Å². The van der Waals surface area contributed by atoms with Gasteiger partial charge in [-0.3, -0.25) is 10.1 Å². The van der Waals surface area contributed by atoms with E-state index in [1.807, 2.05) is 0 Å². The van der Waals surface area contributed by atoms with Gasteiger partial charge in [-0.05, 0) is 67.4 Å². The molecule has 0 radical (unpaired) electrons. The molecule has 1 aliphatic rings. The lowest BCUT2D eigenvalue weighted by molar-refractivity contribution is 0.0526. The number of thiocarbonyl (C=S) groups is 1. The number of carbonyl (C=O) groups excluding carboxylic acids is 2. The maximum absolute atomic E-state index is 12.8. The highest BCUT2D eigenvalue weighted by Crippen LogP contribution is 2.45. The molecule has 0 aliphatic heterocycles. The van der Waals surface area contributed by atoms with E-state index in [1.165, 1.54) is 16.2 Å². The number of fused-ring (bicyclic) bond motifs is 1. The minimum Gasteiger partial charge on any atom is -0.462 e. The number of rotatable bonds is 6. The Morgan fingerprint density at radius 3 is 2.66 bits per heavy atom. The lowest BCUT2D eigenvalue weighted by Gasteiger charge is -2.36. The molecule has 3 rings (SSSR count). The van der Waals surface area contributed by atoms with E-state index in [0.717, 1.165) is 31.2 Å². The number of amides is 1. The largest absolute Gasteiger partial charge is 0.462 e. The molecule has 5 nitrogen and oxygen atoms in total. The summed E-state index contributed by atoms with van der Waals surface area (Å²) < 4.78 is 5.34. The van der Waals surface area contributed by atoms with Crippen molar-refractivity contribution in [1.82, 2.24) is 5.32 Å². The van der Waals surface area contributed by atoms with Crippen molar-refractivity contribution in [3.63, 3.8) is 0 Å². The van der Waals surface area contributed by atoms with Crippen molar-refractivity contribution in [1.29, 1.82) is 0 Å². The summed E-state index contributed by atoms with van der Waals surface area (Å²) >= 11 is 13.0. The molecule has 0 spiro atoms. The van der Waals surface area contributed by atoms with E-state index in [4.69, 9.17) is 28.6 Å². The first-order valence-electron chi connectivity index (χ1n) is 10.9. The van der Waals surface area contributed by atoms with Gasteiger partial charge in [0.05, 0.1) is 22.8 Å². The first kappa shape index (κ1) is 24.7. The minimum atomic E-state index is -0.406. The number of halogens is 1. The summed E-state index contributed by atoms with van der Waals surface area (Å²) in [5.41, 5.74) is 2.14. The third-order valence-electron chi connectivity index (χ3n) is 6.33. The number of esters is 1. The van der Waals surface area contributed by atoms with Crippen molar-refractivity contribution in [2.24, 2.45) is 11.3 Å². The fourth-order valence-corrected chi connectivity index (χ4v) is 5.80. The average molecular weight is 493 g/mol. The van der Waals surface area contributed by atoms with Crippen LogP contribution in [0.1, 0.15) is 71.7 Å². The topological polar surface area (TPSA) is 67.4 Å². The van der Waals surface area contributed by atoms with Gasteiger partial charge in [0.15, 0.2) is 5.11 Å². The van der Waals surface area contributed by atoms with E-state index in [0.29, 0.717) is 33.7 Å². The highest BCUT2D eigenvalue weighted by molar-refractivity contribution is 7.80. The van der Waals surface area contributed by atoms with Gasteiger partial charge in [-0.2, -0.15) is 0 Å². The second-order valence-electron chi connectivity index (χ2n) is 8.60. The molecule has 1 aromatic carbocycles. The summed E-state index contributed by atoms with van der Waals surface area (Å²) in [6, 6.07) is 6.76. The number of thiophene rings is 1. The van der Waals surface area contributed by atoms with Crippen LogP contribution in [-0.4, -0.2) is 23.6 Å². The zero-order valence-electron chi connectivity index (χ0n) is 18.8. The predicted octanol–water partition coefficient (Wildman–Crippen LogP) is 6.25. The molecule has 172 valence electrons. The molecule has 0 saturated heterocycles.